The van der Waals surface area contributed by atoms with Crippen molar-refractivity contribution in [3.05, 3.63) is 90.0 Å². The molecule has 3 aromatic carbocycles. The van der Waals surface area contributed by atoms with Gasteiger partial charge in [0.1, 0.15) is 5.84 Å². The topological polar surface area (TPSA) is 120 Å². The molecular weight excluding hydrogens is 418 g/mol. The van der Waals surface area contributed by atoms with E-state index in [4.69, 9.17) is 23.4 Å². The Morgan fingerprint density at radius 3 is 2.23 bits per heavy atom. The molecular formula is C21H21N5O2S2. The fourth-order valence-electron chi connectivity index (χ4n) is 2.63. The molecule has 0 aromatic heterocycles. The first-order chi connectivity index (χ1) is 14.3. The number of amidine groups is 1. The van der Waals surface area contributed by atoms with Crippen molar-refractivity contribution in [2.75, 3.05) is 10.6 Å². The molecule has 3 rings (SSSR count). The zero-order valence-corrected chi connectivity index (χ0v) is 17.6. The molecule has 0 amide bonds. The third kappa shape index (κ3) is 5.86. The summed E-state index contributed by atoms with van der Waals surface area (Å²) in [5.74, 6) is -0.0322. The predicted molar refractivity (Wildman–Crippen MR) is 124 cm³/mol. The fourth-order valence-corrected chi connectivity index (χ4v) is 3.89. The molecule has 30 heavy (non-hydrogen) atoms. The summed E-state index contributed by atoms with van der Waals surface area (Å²) < 4.78 is 27.5. The summed E-state index contributed by atoms with van der Waals surface area (Å²) in [6.07, 6.45) is 0. The van der Waals surface area contributed by atoms with Gasteiger partial charge in [0.25, 0.3) is 0 Å². The van der Waals surface area contributed by atoms with Gasteiger partial charge in [0.15, 0.2) is 5.11 Å². The predicted octanol–water partition coefficient (Wildman–Crippen LogP) is 3.26. The van der Waals surface area contributed by atoms with Crippen LogP contribution in [0.5, 0.6) is 0 Å². The smallest absolute Gasteiger partial charge is 0.240 e. The highest BCUT2D eigenvalue weighted by atomic mass is 32.2. The van der Waals surface area contributed by atoms with E-state index in [0.29, 0.717) is 22.1 Å². The molecule has 6 N–H and O–H groups in total. The molecule has 0 unspecified atom stereocenters. The van der Waals surface area contributed by atoms with Crippen molar-refractivity contribution in [2.24, 2.45) is 5.73 Å². The zero-order valence-electron chi connectivity index (χ0n) is 15.9. The van der Waals surface area contributed by atoms with E-state index >= 15 is 0 Å². The number of benzene rings is 3. The van der Waals surface area contributed by atoms with Gasteiger partial charge in [-0.15, -0.1) is 0 Å². The van der Waals surface area contributed by atoms with Crippen LogP contribution in [0.2, 0.25) is 0 Å². The first-order valence-electron chi connectivity index (χ1n) is 8.99. The van der Waals surface area contributed by atoms with Crippen LogP contribution in [0, 0.1) is 5.41 Å². The van der Waals surface area contributed by atoms with Crippen molar-refractivity contribution in [3.63, 3.8) is 0 Å². The molecule has 0 atom stereocenters. The third-order valence-electron chi connectivity index (χ3n) is 4.16. The lowest BCUT2D eigenvalue weighted by molar-refractivity contribution is 0.581. The van der Waals surface area contributed by atoms with Gasteiger partial charge in [0.05, 0.1) is 4.90 Å². The van der Waals surface area contributed by atoms with Crippen LogP contribution in [-0.2, 0) is 16.6 Å². The number of anilines is 2. The van der Waals surface area contributed by atoms with Crippen molar-refractivity contribution in [3.8, 4) is 0 Å². The highest BCUT2D eigenvalue weighted by Crippen LogP contribution is 2.16. The number of nitrogens with two attached hydrogens (primary N) is 1. The second kappa shape index (κ2) is 9.49. The van der Waals surface area contributed by atoms with E-state index in [1.54, 1.807) is 36.4 Å². The van der Waals surface area contributed by atoms with Gasteiger partial charge in [-0.1, -0.05) is 42.5 Å². The molecule has 0 aliphatic rings. The average molecular weight is 440 g/mol. The van der Waals surface area contributed by atoms with Gasteiger partial charge in [-0.2, -0.15) is 0 Å². The van der Waals surface area contributed by atoms with E-state index in [2.05, 4.69) is 15.4 Å². The maximum Gasteiger partial charge on any atom is 0.240 e. The van der Waals surface area contributed by atoms with E-state index in [0.717, 1.165) is 5.56 Å². The SMILES string of the molecule is N=C(N)c1cccc(NC(=S)Nc2ccc(S(=O)(=O)NCc3ccccc3)cc2)c1. The maximum atomic E-state index is 12.5. The molecule has 0 aliphatic carbocycles. The molecule has 7 nitrogen and oxygen atoms in total. The Labute approximate surface area is 180 Å². The maximum absolute atomic E-state index is 12.5. The minimum Gasteiger partial charge on any atom is -0.384 e. The molecule has 0 fully saturated rings. The fraction of sp³-hybridized carbons (Fsp3) is 0.0476. The normalized spacial score (nSPS) is 10.9. The zero-order chi connectivity index (χ0) is 21.6. The third-order valence-corrected chi connectivity index (χ3v) is 5.78. The highest BCUT2D eigenvalue weighted by Gasteiger charge is 2.13. The van der Waals surface area contributed by atoms with Gasteiger partial charge in [-0.25, -0.2) is 13.1 Å². The molecule has 0 saturated heterocycles. The summed E-state index contributed by atoms with van der Waals surface area (Å²) in [6.45, 7) is 0.219. The molecule has 154 valence electrons. The van der Waals surface area contributed by atoms with Crippen LogP contribution < -0.4 is 21.1 Å². The Morgan fingerprint density at radius 1 is 0.900 bits per heavy atom. The molecule has 0 aliphatic heterocycles. The Kier molecular flexibility index (Phi) is 6.78. The first-order valence-corrected chi connectivity index (χ1v) is 10.9. The van der Waals surface area contributed by atoms with Gasteiger partial charge in [0.2, 0.25) is 10.0 Å². The number of hydrogen-bond donors (Lipinski definition) is 5. The van der Waals surface area contributed by atoms with Crippen LogP contribution in [0.4, 0.5) is 11.4 Å². The van der Waals surface area contributed by atoms with Crippen molar-refractivity contribution in [2.45, 2.75) is 11.4 Å². The monoisotopic (exact) mass is 439 g/mol. The molecule has 9 heteroatoms. The Balaban J connectivity index is 1.60. The van der Waals surface area contributed by atoms with Crippen LogP contribution in [0.1, 0.15) is 11.1 Å². The number of rotatable bonds is 7. The van der Waals surface area contributed by atoms with Crippen LogP contribution in [0.15, 0.2) is 83.8 Å². The average Bonchev–Trinajstić information content (AvgIpc) is 2.73. The number of sulfonamides is 1. The van der Waals surface area contributed by atoms with Crippen LogP contribution in [0.3, 0.4) is 0 Å². The van der Waals surface area contributed by atoms with Crippen molar-refractivity contribution in [1.29, 1.82) is 5.41 Å². The van der Waals surface area contributed by atoms with E-state index in [9.17, 15) is 8.42 Å². The van der Waals surface area contributed by atoms with Gasteiger partial charge in [-0.3, -0.25) is 5.41 Å². The van der Waals surface area contributed by atoms with Crippen LogP contribution in [-0.4, -0.2) is 19.4 Å². The van der Waals surface area contributed by atoms with E-state index in [1.807, 2.05) is 30.3 Å². The number of thiocarbonyl (C=S) groups is 1. The largest absolute Gasteiger partial charge is 0.384 e. The number of nitrogen functional groups attached to an aromatic ring is 1. The summed E-state index contributed by atoms with van der Waals surface area (Å²) in [5.41, 5.74) is 8.28. The second-order valence-electron chi connectivity index (χ2n) is 6.41. The Hall–Kier alpha value is -3.27. The molecule has 0 spiro atoms. The lowest BCUT2D eigenvalue weighted by Crippen LogP contribution is -2.23. The molecule has 0 saturated carbocycles. The lowest BCUT2D eigenvalue weighted by atomic mass is 10.2. The van der Waals surface area contributed by atoms with Crippen molar-refractivity contribution in [1.82, 2.24) is 4.72 Å². The van der Waals surface area contributed by atoms with Gasteiger partial charge in [0, 0.05) is 23.5 Å². The molecule has 0 radical (unpaired) electrons. The quantitative estimate of drug-likeness (QED) is 0.219. The van der Waals surface area contributed by atoms with Crippen LogP contribution >= 0.6 is 12.2 Å². The minimum atomic E-state index is -3.62. The van der Waals surface area contributed by atoms with E-state index in [1.165, 1.54) is 12.1 Å². The minimum absolute atomic E-state index is 0.0322. The highest BCUT2D eigenvalue weighted by molar-refractivity contribution is 7.89. The number of hydrogen-bond acceptors (Lipinski definition) is 4. The second-order valence-corrected chi connectivity index (χ2v) is 8.58. The molecule has 0 bridgehead atoms. The summed E-state index contributed by atoms with van der Waals surface area (Å²) in [5, 5.41) is 13.8. The van der Waals surface area contributed by atoms with Gasteiger partial charge < -0.3 is 16.4 Å². The van der Waals surface area contributed by atoms with E-state index < -0.39 is 10.0 Å². The standard InChI is InChI=1S/C21H21N5O2S2/c22-20(23)16-7-4-8-18(13-16)26-21(29)25-17-9-11-19(12-10-17)30(27,28)24-14-15-5-2-1-3-6-15/h1-13,24H,14H2,(H3,22,23)(H2,25,26,29). The van der Waals surface area contributed by atoms with Crippen LogP contribution in [0.25, 0.3) is 0 Å². The van der Waals surface area contributed by atoms with Crippen molar-refractivity contribution >= 4 is 44.6 Å². The first kappa shape index (κ1) is 21.4. The lowest BCUT2D eigenvalue weighted by Gasteiger charge is -2.12. The summed E-state index contributed by atoms with van der Waals surface area (Å²) in [6, 6.07) is 22.6. The van der Waals surface area contributed by atoms with Gasteiger partial charge >= 0.3 is 0 Å². The summed E-state index contributed by atoms with van der Waals surface area (Å²) >= 11 is 5.29. The number of nitrogens with one attached hydrogen (secondary N) is 4. The van der Waals surface area contributed by atoms with Gasteiger partial charge in [-0.05, 0) is 54.2 Å². The summed E-state index contributed by atoms with van der Waals surface area (Å²) in [7, 11) is -3.62. The molecule has 0 heterocycles. The van der Waals surface area contributed by atoms with E-state index in [-0.39, 0.29) is 17.3 Å². The summed E-state index contributed by atoms with van der Waals surface area (Å²) in [4.78, 5) is 0.164. The molecule has 3 aromatic rings. The van der Waals surface area contributed by atoms with Crippen molar-refractivity contribution < 1.29 is 8.42 Å². The Bertz CT molecular complexity index is 1150. The Morgan fingerprint density at radius 2 is 1.57 bits per heavy atom.